The Morgan fingerprint density at radius 3 is 2.38 bits per heavy atom. The molecule has 0 saturated heterocycles. The van der Waals surface area contributed by atoms with Crippen LogP contribution in [0.4, 0.5) is 17.6 Å². The van der Waals surface area contributed by atoms with Gasteiger partial charge in [-0.25, -0.2) is 4.39 Å². The van der Waals surface area contributed by atoms with E-state index in [0.717, 1.165) is 12.1 Å². The van der Waals surface area contributed by atoms with Crippen molar-refractivity contribution in [2.75, 3.05) is 6.54 Å². The van der Waals surface area contributed by atoms with Crippen molar-refractivity contribution in [3.8, 4) is 0 Å². The SMILES string of the molecule is NCC[C@H](N)c1ccc(F)cc1C(F)(F)F. The molecule has 2 nitrogen and oxygen atoms in total. The second-order valence-corrected chi connectivity index (χ2v) is 3.41. The zero-order valence-electron chi connectivity index (χ0n) is 8.39. The molecule has 4 N–H and O–H groups in total. The summed E-state index contributed by atoms with van der Waals surface area (Å²) >= 11 is 0. The van der Waals surface area contributed by atoms with Crippen molar-refractivity contribution in [1.29, 1.82) is 0 Å². The highest BCUT2D eigenvalue weighted by atomic mass is 19.4. The van der Waals surface area contributed by atoms with Crippen LogP contribution in [0.1, 0.15) is 23.6 Å². The molecule has 0 heterocycles. The number of halogens is 4. The lowest BCUT2D eigenvalue weighted by Gasteiger charge is -2.17. The van der Waals surface area contributed by atoms with Gasteiger partial charge in [0.05, 0.1) is 5.56 Å². The lowest BCUT2D eigenvalue weighted by atomic mass is 9.98. The summed E-state index contributed by atoms with van der Waals surface area (Å²) in [5.41, 5.74) is 9.61. The third-order valence-corrected chi connectivity index (χ3v) is 2.20. The van der Waals surface area contributed by atoms with Crippen LogP contribution in [0, 0.1) is 5.82 Å². The van der Waals surface area contributed by atoms with E-state index in [0.29, 0.717) is 6.07 Å². The Labute approximate surface area is 90.2 Å². The summed E-state index contributed by atoms with van der Waals surface area (Å²) in [4.78, 5) is 0. The molecule has 0 aliphatic heterocycles. The van der Waals surface area contributed by atoms with Gasteiger partial charge in [0.15, 0.2) is 0 Å². The van der Waals surface area contributed by atoms with Gasteiger partial charge in [0.2, 0.25) is 0 Å². The van der Waals surface area contributed by atoms with Crippen LogP contribution >= 0.6 is 0 Å². The molecule has 16 heavy (non-hydrogen) atoms. The van der Waals surface area contributed by atoms with Crippen LogP contribution < -0.4 is 11.5 Å². The maximum Gasteiger partial charge on any atom is 0.416 e. The van der Waals surface area contributed by atoms with E-state index in [1.165, 1.54) is 0 Å². The molecule has 1 atom stereocenters. The standard InChI is InChI=1S/C10H12F4N2/c11-6-1-2-7(9(16)3-4-15)8(5-6)10(12,13)14/h1-2,5,9H,3-4,15-16H2/t9-/m0/s1. The molecular formula is C10H12F4N2. The van der Waals surface area contributed by atoms with E-state index >= 15 is 0 Å². The highest BCUT2D eigenvalue weighted by molar-refractivity contribution is 5.32. The van der Waals surface area contributed by atoms with Crippen molar-refractivity contribution in [1.82, 2.24) is 0 Å². The molecule has 1 aromatic carbocycles. The Bertz CT molecular complexity index is 362. The fourth-order valence-corrected chi connectivity index (χ4v) is 1.43. The Kier molecular flexibility index (Phi) is 3.88. The number of nitrogens with two attached hydrogens (primary N) is 2. The molecule has 0 bridgehead atoms. The molecule has 0 aliphatic rings. The third-order valence-electron chi connectivity index (χ3n) is 2.20. The van der Waals surface area contributed by atoms with Gasteiger partial charge in [-0.05, 0) is 30.7 Å². The minimum absolute atomic E-state index is 0.126. The van der Waals surface area contributed by atoms with Gasteiger partial charge in [0.1, 0.15) is 5.82 Å². The predicted molar refractivity (Wildman–Crippen MR) is 52.0 cm³/mol. The molecule has 90 valence electrons. The lowest BCUT2D eigenvalue weighted by molar-refractivity contribution is -0.138. The largest absolute Gasteiger partial charge is 0.416 e. The second kappa shape index (κ2) is 4.80. The summed E-state index contributed by atoms with van der Waals surface area (Å²) in [5, 5.41) is 0. The molecule has 0 fully saturated rings. The van der Waals surface area contributed by atoms with Gasteiger partial charge in [-0.1, -0.05) is 6.07 Å². The summed E-state index contributed by atoms with van der Waals surface area (Å²) in [7, 11) is 0. The van der Waals surface area contributed by atoms with Crippen LogP contribution in [0.3, 0.4) is 0 Å². The maximum absolute atomic E-state index is 12.8. The zero-order valence-corrected chi connectivity index (χ0v) is 8.39. The van der Waals surface area contributed by atoms with Gasteiger partial charge >= 0.3 is 6.18 Å². The lowest BCUT2D eigenvalue weighted by Crippen LogP contribution is -2.20. The van der Waals surface area contributed by atoms with E-state index in [4.69, 9.17) is 11.5 Å². The maximum atomic E-state index is 12.8. The van der Waals surface area contributed by atoms with Crippen LogP contribution in [0.25, 0.3) is 0 Å². The minimum Gasteiger partial charge on any atom is -0.330 e. The molecule has 0 spiro atoms. The Morgan fingerprint density at radius 1 is 1.25 bits per heavy atom. The quantitative estimate of drug-likeness (QED) is 0.790. The van der Waals surface area contributed by atoms with Gasteiger partial charge in [-0.3, -0.25) is 0 Å². The molecule has 0 saturated carbocycles. The van der Waals surface area contributed by atoms with Crippen molar-refractivity contribution >= 4 is 0 Å². The Hall–Kier alpha value is -1.14. The van der Waals surface area contributed by atoms with Crippen LogP contribution in [-0.4, -0.2) is 6.54 Å². The molecule has 0 aliphatic carbocycles. The summed E-state index contributed by atoms with van der Waals surface area (Å²) in [6.07, 6.45) is -4.39. The zero-order chi connectivity index (χ0) is 12.3. The first kappa shape index (κ1) is 12.9. The van der Waals surface area contributed by atoms with Crippen molar-refractivity contribution in [3.63, 3.8) is 0 Å². The molecule has 0 radical (unpaired) electrons. The first-order chi connectivity index (χ1) is 7.36. The molecule has 0 amide bonds. The highest BCUT2D eigenvalue weighted by Gasteiger charge is 2.34. The average Bonchev–Trinajstić information content (AvgIpc) is 2.16. The van der Waals surface area contributed by atoms with E-state index < -0.39 is 23.6 Å². The number of hydrogen-bond donors (Lipinski definition) is 2. The summed E-state index contributed by atoms with van der Waals surface area (Å²) < 4.78 is 50.5. The number of hydrogen-bond acceptors (Lipinski definition) is 2. The fourth-order valence-electron chi connectivity index (χ4n) is 1.43. The third kappa shape index (κ3) is 2.93. The van der Waals surface area contributed by atoms with E-state index in [9.17, 15) is 17.6 Å². The molecule has 0 unspecified atom stereocenters. The number of alkyl halides is 3. The molecular weight excluding hydrogens is 224 g/mol. The minimum atomic E-state index is -4.61. The van der Waals surface area contributed by atoms with Crippen molar-refractivity contribution in [3.05, 3.63) is 35.1 Å². The monoisotopic (exact) mass is 236 g/mol. The number of rotatable bonds is 3. The van der Waals surface area contributed by atoms with Gasteiger partial charge in [-0.2, -0.15) is 13.2 Å². The van der Waals surface area contributed by atoms with Crippen LogP contribution in [-0.2, 0) is 6.18 Å². The molecule has 1 rings (SSSR count). The van der Waals surface area contributed by atoms with Crippen molar-refractivity contribution in [2.45, 2.75) is 18.6 Å². The van der Waals surface area contributed by atoms with E-state index in [1.807, 2.05) is 0 Å². The van der Waals surface area contributed by atoms with Gasteiger partial charge in [0.25, 0.3) is 0 Å². The van der Waals surface area contributed by atoms with E-state index in [1.54, 1.807) is 0 Å². The van der Waals surface area contributed by atoms with Gasteiger partial charge in [0, 0.05) is 6.04 Å². The first-order valence-corrected chi connectivity index (χ1v) is 4.68. The highest BCUT2D eigenvalue weighted by Crippen LogP contribution is 2.35. The fraction of sp³-hybridized carbons (Fsp3) is 0.400. The predicted octanol–water partition coefficient (Wildman–Crippen LogP) is 2.19. The average molecular weight is 236 g/mol. The Balaban J connectivity index is 3.18. The van der Waals surface area contributed by atoms with E-state index in [-0.39, 0.29) is 18.5 Å². The summed E-state index contributed by atoms with van der Waals surface area (Å²) in [6.45, 7) is 0.176. The Morgan fingerprint density at radius 2 is 1.88 bits per heavy atom. The summed E-state index contributed by atoms with van der Waals surface area (Å²) in [6, 6.07) is 1.63. The van der Waals surface area contributed by atoms with Gasteiger partial charge in [-0.15, -0.1) is 0 Å². The second-order valence-electron chi connectivity index (χ2n) is 3.41. The first-order valence-electron chi connectivity index (χ1n) is 4.68. The normalized spacial score (nSPS) is 13.9. The summed E-state index contributed by atoms with van der Waals surface area (Å²) in [5.74, 6) is -0.934. The molecule has 0 aromatic heterocycles. The number of benzene rings is 1. The van der Waals surface area contributed by atoms with Crippen molar-refractivity contribution in [2.24, 2.45) is 11.5 Å². The molecule has 1 aromatic rings. The van der Waals surface area contributed by atoms with Gasteiger partial charge < -0.3 is 11.5 Å². The molecule has 6 heteroatoms. The van der Waals surface area contributed by atoms with Crippen LogP contribution in [0.2, 0.25) is 0 Å². The van der Waals surface area contributed by atoms with Crippen LogP contribution in [0.15, 0.2) is 18.2 Å². The smallest absolute Gasteiger partial charge is 0.330 e. The van der Waals surface area contributed by atoms with E-state index in [2.05, 4.69) is 0 Å². The van der Waals surface area contributed by atoms with Crippen molar-refractivity contribution < 1.29 is 17.6 Å². The van der Waals surface area contributed by atoms with Crippen LogP contribution in [0.5, 0.6) is 0 Å². The topological polar surface area (TPSA) is 52.0 Å².